The number of aryl methyl sites for hydroxylation is 1. The number of nitrogens with zero attached hydrogens (tertiary/aromatic N) is 1. The summed E-state index contributed by atoms with van der Waals surface area (Å²) in [5, 5.41) is 0.259. The average Bonchev–Trinajstić information content (AvgIpc) is 2.85. The molecular formula is C13H9Cl2NO3S. The van der Waals surface area contributed by atoms with Gasteiger partial charge in [-0.3, -0.25) is 4.79 Å². The Balaban J connectivity index is 1.98. The van der Waals surface area contributed by atoms with Crippen LogP contribution in [0.2, 0.25) is 10.2 Å². The Morgan fingerprint density at radius 3 is 2.70 bits per heavy atom. The predicted octanol–water partition coefficient (Wildman–Crippen LogP) is 3.80. The Kier molecular flexibility index (Phi) is 4.75. The normalized spacial score (nSPS) is 10.3. The minimum absolute atomic E-state index is 0.105. The number of thiophene rings is 1. The van der Waals surface area contributed by atoms with Crippen LogP contribution in [0.25, 0.3) is 0 Å². The first kappa shape index (κ1) is 15.0. The molecule has 2 rings (SSSR count). The van der Waals surface area contributed by atoms with Gasteiger partial charge in [-0.05, 0) is 25.1 Å². The molecule has 0 aromatic carbocycles. The number of aromatic nitrogens is 1. The molecule has 0 saturated carbocycles. The molecule has 7 heteroatoms. The van der Waals surface area contributed by atoms with Crippen LogP contribution in [0.1, 0.15) is 24.9 Å². The van der Waals surface area contributed by atoms with E-state index in [0.29, 0.717) is 4.88 Å². The first-order chi connectivity index (χ1) is 9.47. The van der Waals surface area contributed by atoms with Crippen LogP contribution in [0.3, 0.4) is 0 Å². The maximum absolute atomic E-state index is 11.8. The quantitative estimate of drug-likeness (QED) is 0.486. The summed E-state index contributed by atoms with van der Waals surface area (Å²) < 4.78 is 4.92. The van der Waals surface area contributed by atoms with Gasteiger partial charge in [0.15, 0.2) is 6.61 Å². The van der Waals surface area contributed by atoms with Crippen molar-refractivity contribution in [3.05, 3.63) is 49.9 Å². The summed E-state index contributed by atoms with van der Waals surface area (Å²) in [5.74, 6) is -0.915. The van der Waals surface area contributed by atoms with Gasteiger partial charge < -0.3 is 4.74 Å². The molecule has 0 aliphatic carbocycles. The maximum atomic E-state index is 11.8. The second kappa shape index (κ2) is 6.35. The number of ketones is 1. The maximum Gasteiger partial charge on any atom is 0.340 e. The van der Waals surface area contributed by atoms with Crippen LogP contribution in [0.4, 0.5) is 0 Å². The van der Waals surface area contributed by atoms with Gasteiger partial charge in [0.1, 0.15) is 5.15 Å². The van der Waals surface area contributed by atoms with Gasteiger partial charge in [-0.2, -0.15) is 0 Å². The summed E-state index contributed by atoms with van der Waals surface area (Å²) in [4.78, 5) is 28.8. The van der Waals surface area contributed by atoms with E-state index in [1.807, 2.05) is 13.0 Å². The van der Waals surface area contributed by atoms with Crippen molar-refractivity contribution >= 4 is 46.3 Å². The van der Waals surface area contributed by atoms with Crippen LogP contribution in [-0.2, 0) is 4.74 Å². The molecule has 0 atom stereocenters. The lowest BCUT2D eigenvalue weighted by Gasteiger charge is -2.04. The smallest absolute Gasteiger partial charge is 0.340 e. The highest BCUT2D eigenvalue weighted by Crippen LogP contribution is 2.20. The van der Waals surface area contributed by atoms with Gasteiger partial charge in [0.05, 0.1) is 15.5 Å². The van der Waals surface area contributed by atoms with Gasteiger partial charge in [0, 0.05) is 11.1 Å². The zero-order valence-corrected chi connectivity index (χ0v) is 12.7. The molecule has 2 aromatic heterocycles. The molecule has 0 spiro atoms. The highest BCUT2D eigenvalue weighted by Gasteiger charge is 2.14. The molecule has 0 aliphatic heterocycles. The third-order valence-corrected chi connectivity index (χ3v) is 4.11. The number of Topliss-reactive ketones (excluding diaryl/α,β-unsaturated/α-hetero) is 1. The van der Waals surface area contributed by atoms with Crippen LogP contribution in [0.5, 0.6) is 0 Å². The number of esters is 1. The molecule has 0 N–H and O–H groups in total. The molecule has 0 radical (unpaired) electrons. The highest BCUT2D eigenvalue weighted by atomic mass is 35.5. The second-order valence-corrected chi connectivity index (χ2v) is 5.96. The monoisotopic (exact) mass is 329 g/mol. The van der Waals surface area contributed by atoms with E-state index in [9.17, 15) is 9.59 Å². The summed E-state index contributed by atoms with van der Waals surface area (Å²) in [6.07, 6.45) is 1.25. The Morgan fingerprint density at radius 2 is 2.10 bits per heavy atom. The lowest BCUT2D eigenvalue weighted by Crippen LogP contribution is -2.13. The fraction of sp³-hybridized carbons (Fsp3) is 0.154. The van der Waals surface area contributed by atoms with E-state index < -0.39 is 5.97 Å². The topological polar surface area (TPSA) is 56.3 Å². The van der Waals surface area contributed by atoms with Gasteiger partial charge in [0.25, 0.3) is 0 Å². The molecule has 0 fully saturated rings. The van der Waals surface area contributed by atoms with E-state index in [1.165, 1.54) is 23.6 Å². The van der Waals surface area contributed by atoms with Crippen LogP contribution in [0.15, 0.2) is 24.4 Å². The van der Waals surface area contributed by atoms with Crippen molar-refractivity contribution in [1.82, 2.24) is 4.98 Å². The fourth-order valence-corrected chi connectivity index (χ4v) is 2.46. The third kappa shape index (κ3) is 3.56. The van der Waals surface area contributed by atoms with Crippen molar-refractivity contribution in [2.45, 2.75) is 6.92 Å². The van der Waals surface area contributed by atoms with Crippen molar-refractivity contribution in [2.24, 2.45) is 0 Å². The van der Waals surface area contributed by atoms with Crippen molar-refractivity contribution in [3.63, 3.8) is 0 Å². The molecule has 0 saturated heterocycles. The lowest BCUT2D eigenvalue weighted by molar-refractivity contribution is 0.0475. The van der Waals surface area contributed by atoms with E-state index in [-0.39, 0.29) is 28.1 Å². The van der Waals surface area contributed by atoms with E-state index in [1.54, 1.807) is 6.07 Å². The van der Waals surface area contributed by atoms with E-state index in [0.717, 1.165) is 4.88 Å². The Labute approximate surface area is 129 Å². The summed E-state index contributed by atoms with van der Waals surface area (Å²) in [5.41, 5.74) is 0.148. The van der Waals surface area contributed by atoms with Crippen molar-refractivity contribution in [3.8, 4) is 0 Å². The lowest BCUT2D eigenvalue weighted by atomic mass is 10.3. The molecule has 2 aromatic rings. The molecule has 0 bridgehead atoms. The predicted molar refractivity (Wildman–Crippen MR) is 77.9 cm³/mol. The fourth-order valence-electron chi connectivity index (χ4n) is 1.40. The Morgan fingerprint density at radius 1 is 1.35 bits per heavy atom. The van der Waals surface area contributed by atoms with E-state index in [2.05, 4.69) is 4.98 Å². The summed E-state index contributed by atoms with van der Waals surface area (Å²) >= 11 is 12.8. The Hall–Kier alpha value is -1.43. The van der Waals surface area contributed by atoms with Gasteiger partial charge in [-0.1, -0.05) is 23.2 Å². The molecule has 0 aliphatic rings. The van der Waals surface area contributed by atoms with Crippen molar-refractivity contribution < 1.29 is 14.3 Å². The molecular weight excluding hydrogens is 321 g/mol. The van der Waals surface area contributed by atoms with E-state index in [4.69, 9.17) is 27.9 Å². The number of hydrogen-bond donors (Lipinski definition) is 0. The number of halogens is 2. The molecule has 0 amide bonds. The van der Waals surface area contributed by atoms with Crippen molar-refractivity contribution in [1.29, 1.82) is 0 Å². The first-order valence-electron chi connectivity index (χ1n) is 5.55. The minimum atomic E-state index is -0.669. The number of carbonyl (C=O) groups is 2. The largest absolute Gasteiger partial charge is 0.454 e. The summed E-state index contributed by atoms with van der Waals surface area (Å²) in [7, 11) is 0. The number of pyridine rings is 1. The van der Waals surface area contributed by atoms with Gasteiger partial charge >= 0.3 is 5.97 Å². The van der Waals surface area contributed by atoms with Gasteiger partial charge in [-0.15, -0.1) is 11.3 Å². The molecule has 4 nitrogen and oxygen atoms in total. The van der Waals surface area contributed by atoms with E-state index >= 15 is 0 Å². The average molecular weight is 330 g/mol. The second-order valence-electron chi connectivity index (χ2n) is 3.91. The van der Waals surface area contributed by atoms with Crippen LogP contribution >= 0.6 is 34.5 Å². The van der Waals surface area contributed by atoms with Gasteiger partial charge in [-0.25, -0.2) is 9.78 Å². The Bertz CT molecular complexity index is 669. The molecule has 20 heavy (non-hydrogen) atoms. The molecule has 104 valence electrons. The number of hydrogen-bond acceptors (Lipinski definition) is 5. The third-order valence-electron chi connectivity index (χ3n) is 2.38. The van der Waals surface area contributed by atoms with Crippen LogP contribution in [-0.4, -0.2) is 23.3 Å². The molecule has 0 unspecified atom stereocenters. The first-order valence-corrected chi connectivity index (χ1v) is 7.12. The minimum Gasteiger partial charge on any atom is -0.454 e. The number of ether oxygens (including phenoxy) is 1. The van der Waals surface area contributed by atoms with Crippen LogP contribution < -0.4 is 0 Å². The zero-order chi connectivity index (χ0) is 14.7. The van der Waals surface area contributed by atoms with Gasteiger partial charge in [0.2, 0.25) is 5.78 Å². The van der Waals surface area contributed by atoms with Crippen molar-refractivity contribution in [2.75, 3.05) is 6.61 Å². The number of rotatable bonds is 4. The standard InChI is InChI=1S/C13H9Cl2NO3S/c1-7-2-3-11(20-7)10(17)6-19-13(18)8-4-9(14)12(15)16-5-8/h2-5H,6H2,1H3. The van der Waals surface area contributed by atoms with Crippen LogP contribution in [0, 0.1) is 6.92 Å². The zero-order valence-electron chi connectivity index (χ0n) is 10.4. The number of carbonyl (C=O) groups excluding carboxylic acids is 2. The highest BCUT2D eigenvalue weighted by molar-refractivity contribution is 7.14. The molecule has 2 heterocycles. The summed E-state index contributed by atoms with van der Waals surface area (Å²) in [6, 6.07) is 4.89. The summed E-state index contributed by atoms with van der Waals surface area (Å²) in [6.45, 7) is 1.58. The SMILES string of the molecule is Cc1ccc(C(=O)COC(=O)c2cnc(Cl)c(Cl)c2)s1.